The molecule has 2 aliphatic heterocycles. The van der Waals surface area contributed by atoms with Gasteiger partial charge >= 0.3 is 5.97 Å². The highest BCUT2D eigenvalue weighted by atomic mass is 16.5. The quantitative estimate of drug-likeness (QED) is 0.719. The van der Waals surface area contributed by atoms with Crippen LogP contribution in [0.3, 0.4) is 0 Å². The molecule has 8 heteroatoms. The zero-order valence-corrected chi connectivity index (χ0v) is 12.7. The van der Waals surface area contributed by atoms with Gasteiger partial charge in [0.2, 0.25) is 5.95 Å². The summed E-state index contributed by atoms with van der Waals surface area (Å²) in [5.74, 6) is 0.833. The highest BCUT2D eigenvalue weighted by molar-refractivity contribution is 5.88. The van der Waals surface area contributed by atoms with Crippen LogP contribution in [0.1, 0.15) is 10.5 Å². The molecule has 0 radical (unpaired) electrons. The second-order valence-corrected chi connectivity index (χ2v) is 5.10. The maximum Gasteiger partial charge on any atom is 0.356 e. The number of morpholine rings is 2. The zero-order valence-electron chi connectivity index (χ0n) is 12.7. The molecule has 1 aromatic heterocycles. The predicted molar refractivity (Wildman–Crippen MR) is 79.4 cm³/mol. The molecule has 0 N–H and O–H groups in total. The van der Waals surface area contributed by atoms with Crippen LogP contribution < -0.4 is 9.80 Å². The number of ether oxygens (including phenoxy) is 3. The molecule has 0 amide bonds. The first-order valence-electron chi connectivity index (χ1n) is 7.41. The van der Waals surface area contributed by atoms with Crippen LogP contribution in [0.2, 0.25) is 0 Å². The Balaban J connectivity index is 1.91. The van der Waals surface area contributed by atoms with Gasteiger partial charge in [-0.2, -0.15) is 4.98 Å². The third-order valence-corrected chi connectivity index (χ3v) is 3.72. The van der Waals surface area contributed by atoms with E-state index in [-0.39, 0.29) is 5.69 Å². The van der Waals surface area contributed by atoms with Crippen molar-refractivity contribution in [2.24, 2.45) is 0 Å². The Labute approximate surface area is 129 Å². The molecule has 0 atom stereocenters. The number of methoxy groups -OCH3 is 1. The van der Waals surface area contributed by atoms with Gasteiger partial charge in [0.25, 0.3) is 0 Å². The second-order valence-electron chi connectivity index (χ2n) is 5.10. The van der Waals surface area contributed by atoms with Gasteiger partial charge in [0.15, 0.2) is 5.69 Å². The van der Waals surface area contributed by atoms with Crippen LogP contribution in [0.5, 0.6) is 0 Å². The lowest BCUT2D eigenvalue weighted by Gasteiger charge is -2.30. The number of anilines is 2. The molecule has 120 valence electrons. The van der Waals surface area contributed by atoms with E-state index in [0.717, 1.165) is 18.9 Å². The number of nitrogens with zero attached hydrogens (tertiary/aromatic N) is 4. The summed E-state index contributed by atoms with van der Waals surface area (Å²) >= 11 is 0. The Hall–Kier alpha value is -1.93. The highest BCUT2D eigenvalue weighted by Crippen LogP contribution is 2.20. The van der Waals surface area contributed by atoms with Gasteiger partial charge in [-0.1, -0.05) is 0 Å². The van der Waals surface area contributed by atoms with Gasteiger partial charge in [0.1, 0.15) is 5.82 Å². The van der Waals surface area contributed by atoms with E-state index in [0.29, 0.717) is 45.5 Å². The minimum Gasteiger partial charge on any atom is -0.464 e. The molecular formula is C14H20N4O4. The fourth-order valence-electron chi connectivity index (χ4n) is 2.49. The van der Waals surface area contributed by atoms with E-state index < -0.39 is 5.97 Å². The largest absolute Gasteiger partial charge is 0.464 e. The molecule has 2 saturated heterocycles. The van der Waals surface area contributed by atoms with Crippen molar-refractivity contribution >= 4 is 17.7 Å². The molecule has 0 spiro atoms. The molecule has 2 fully saturated rings. The van der Waals surface area contributed by atoms with Gasteiger partial charge in [-0.15, -0.1) is 0 Å². The smallest absolute Gasteiger partial charge is 0.356 e. The molecule has 8 nitrogen and oxygen atoms in total. The van der Waals surface area contributed by atoms with Crippen LogP contribution in [-0.2, 0) is 14.2 Å². The summed E-state index contributed by atoms with van der Waals surface area (Å²) in [5.41, 5.74) is 0.278. The summed E-state index contributed by atoms with van der Waals surface area (Å²) in [4.78, 5) is 25.0. The lowest BCUT2D eigenvalue weighted by atomic mass is 10.3. The van der Waals surface area contributed by atoms with E-state index >= 15 is 0 Å². The van der Waals surface area contributed by atoms with Gasteiger partial charge < -0.3 is 24.0 Å². The van der Waals surface area contributed by atoms with Crippen molar-refractivity contribution < 1.29 is 19.0 Å². The third kappa shape index (κ3) is 3.28. The summed E-state index contributed by atoms with van der Waals surface area (Å²) in [5, 5.41) is 0. The number of rotatable bonds is 3. The average Bonchev–Trinajstić information content (AvgIpc) is 2.62. The summed E-state index contributed by atoms with van der Waals surface area (Å²) in [6.07, 6.45) is 0. The van der Waals surface area contributed by atoms with Gasteiger partial charge in [-0.3, -0.25) is 0 Å². The number of carbonyl (C=O) groups excluding carboxylic acids is 1. The van der Waals surface area contributed by atoms with E-state index in [1.165, 1.54) is 7.11 Å². The minimum atomic E-state index is -0.452. The van der Waals surface area contributed by atoms with Crippen molar-refractivity contribution in [1.82, 2.24) is 9.97 Å². The van der Waals surface area contributed by atoms with Crippen molar-refractivity contribution in [3.05, 3.63) is 11.8 Å². The third-order valence-electron chi connectivity index (χ3n) is 3.72. The predicted octanol–water partition coefficient (Wildman–Crippen LogP) is -0.0636. The van der Waals surface area contributed by atoms with E-state index in [1.54, 1.807) is 6.07 Å². The highest BCUT2D eigenvalue weighted by Gasteiger charge is 2.21. The van der Waals surface area contributed by atoms with Gasteiger partial charge in [-0.25, -0.2) is 9.78 Å². The van der Waals surface area contributed by atoms with Crippen LogP contribution >= 0.6 is 0 Å². The number of aromatic nitrogens is 2. The lowest BCUT2D eigenvalue weighted by Crippen LogP contribution is -2.39. The monoisotopic (exact) mass is 308 g/mol. The maximum atomic E-state index is 11.9. The topological polar surface area (TPSA) is 77.0 Å². The lowest BCUT2D eigenvalue weighted by molar-refractivity contribution is 0.0594. The number of esters is 1. The van der Waals surface area contributed by atoms with Crippen molar-refractivity contribution in [3.63, 3.8) is 0 Å². The fraction of sp³-hybridized carbons (Fsp3) is 0.643. The van der Waals surface area contributed by atoms with E-state index in [9.17, 15) is 4.79 Å². The Bertz CT molecular complexity index is 491. The molecule has 0 bridgehead atoms. The van der Waals surface area contributed by atoms with Crippen LogP contribution in [-0.4, -0.2) is 75.7 Å². The molecule has 0 unspecified atom stereocenters. The van der Waals surface area contributed by atoms with Gasteiger partial charge in [-0.05, 0) is 0 Å². The van der Waals surface area contributed by atoms with Crippen LogP contribution in [0.4, 0.5) is 11.8 Å². The van der Waals surface area contributed by atoms with E-state index in [2.05, 4.69) is 14.9 Å². The number of hydrogen-bond donors (Lipinski definition) is 0. The Morgan fingerprint density at radius 3 is 2.23 bits per heavy atom. The van der Waals surface area contributed by atoms with E-state index in [1.807, 2.05) is 4.90 Å². The van der Waals surface area contributed by atoms with Crippen LogP contribution in [0.25, 0.3) is 0 Å². The average molecular weight is 308 g/mol. The van der Waals surface area contributed by atoms with Crippen molar-refractivity contribution in [2.75, 3.05) is 69.5 Å². The first kappa shape index (κ1) is 15.0. The molecule has 0 saturated carbocycles. The Kier molecular flexibility index (Phi) is 4.69. The summed E-state index contributed by atoms with van der Waals surface area (Å²) in [7, 11) is 1.35. The van der Waals surface area contributed by atoms with Crippen molar-refractivity contribution in [2.45, 2.75) is 0 Å². The van der Waals surface area contributed by atoms with Crippen LogP contribution in [0, 0.1) is 0 Å². The second kappa shape index (κ2) is 6.89. The Morgan fingerprint density at radius 2 is 1.64 bits per heavy atom. The Morgan fingerprint density at radius 1 is 1.05 bits per heavy atom. The maximum absolute atomic E-state index is 11.9. The normalized spacial score (nSPS) is 19.1. The van der Waals surface area contributed by atoms with E-state index in [4.69, 9.17) is 14.2 Å². The molecule has 3 heterocycles. The molecule has 2 aliphatic rings. The van der Waals surface area contributed by atoms with Crippen molar-refractivity contribution in [1.29, 1.82) is 0 Å². The van der Waals surface area contributed by atoms with Crippen molar-refractivity contribution in [3.8, 4) is 0 Å². The molecular weight excluding hydrogens is 288 g/mol. The fourth-order valence-corrected chi connectivity index (χ4v) is 2.49. The first-order chi connectivity index (χ1) is 10.8. The molecule has 1 aromatic rings. The standard InChI is InChI=1S/C14H20N4O4/c1-20-13(19)11-10-12(17-2-6-21-7-3-17)16-14(15-11)18-4-8-22-9-5-18/h10H,2-9H2,1H3. The SMILES string of the molecule is COC(=O)c1cc(N2CCOCC2)nc(N2CCOCC2)n1. The zero-order chi connectivity index (χ0) is 15.4. The van der Waals surface area contributed by atoms with Crippen LogP contribution in [0.15, 0.2) is 6.07 Å². The number of carbonyl (C=O) groups is 1. The summed E-state index contributed by atoms with van der Waals surface area (Å²) in [6.45, 7) is 5.52. The minimum absolute atomic E-state index is 0.278. The molecule has 0 aromatic carbocycles. The molecule has 0 aliphatic carbocycles. The summed E-state index contributed by atoms with van der Waals surface area (Å²) in [6, 6.07) is 1.68. The van der Waals surface area contributed by atoms with Gasteiger partial charge in [0.05, 0.1) is 33.5 Å². The molecule has 3 rings (SSSR count). The first-order valence-corrected chi connectivity index (χ1v) is 7.41. The summed E-state index contributed by atoms with van der Waals surface area (Å²) < 4.78 is 15.5. The molecule has 22 heavy (non-hydrogen) atoms. The number of hydrogen-bond acceptors (Lipinski definition) is 8. The van der Waals surface area contributed by atoms with Gasteiger partial charge in [0, 0.05) is 32.2 Å².